The minimum atomic E-state index is 0. The summed E-state index contributed by atoms with van der Waals surface area (Å²) in [7, 11) is 0. The molecular formula is C38H49IrN2O2S-. The number of aromatic nitrogens is 2. The van der Waals surface area contributed by atoms with Gasteiger partial charge >= 0.3 is 0 Å². The molecule has 0 saturated heterocycles. The maximum atomic E-state index is 11.7. The quantitative estimate of drug-likeness (QED) is 0.104. The van der Waals surface area contributed by atoms with Crippen LogP contribution in [0.4, 0.5) is 0 Å². The first-order valence-corrected chi connectivity index (χ1v) is 17.1. The SMILES string of the molecule is CC(C)(C)c1cc(-c2ncnc3c(C4CCCC4)csc23)[c-]c2ccccc12.CCC(CC)C(=O)/C=C(\O)C(CC)CC.[Ir]. The first kappa shape index (κ1) is 36.1. The summed E-state index contributed by atoms with van der Waals surface area (Å²) < 4.78 is 1.20. The van der Waals surface area contributed by atoms with Gasteiger partial charge in [-0.25, -0.2) is 4.98 Å². The Hall–Kier alpha value is -2.40. The van der Waals surface area contributed by atoms with E-state index in [9.17, 15) is 9.90 Å². The number of allylic oxidation sites excluding steroid dienone is 2. The van der Waals surface area contributed by atoms with Crippen molar-refractivity contribution >= 4 is 38.1 Å². The van der Waals surface area contributed by atoms with E-state index in [1.807, 2.05) is 27.7 Å². The molecule has 5 rings (SSSR count). The van der Waals surface area contributed by atoms with Crippen molar-refractivity contribution in [1.29, 1.82) is 0 Å². The van der Waals surface area contributed by atoms with E-state index in [0.29, 0.717) is 5.92 Å². The summed E-state index contributed by atoms with van der Waals surface area (Å²) in [5.41, 5.74) is 6.08. The average molecular weight is 790 g/mol. The second kappa shape index (κ2) is 16.2. The van der Waals surface area contributed by atoms with Crippen LogP contribution in [0.1, 0.15) is 117 Å². The number of aliphatic hydroxyl groups is 1. The number of ketones is 1. The van der Waals surface area contributed by atoms with Crippen LogP contribution in [0.3, 0.4) is 0 Å². The van der Waals surface area contributed by atoms with E-state index in [0.717, 1.165) is 47.8 Å². The van der Waals surface area contributed by atoms with E-state index in [4.69, 9.17) is 9.97 Å². The van der Waals surface area contributed by atoms with Gasteiger partial charge in [-0.15, -0.1) is 40.5 Å². The topological polar surface area (TPSA) is 63.1 Å². The smallest absolute Gasteiger partial charge is 0.162 e. The number of hydrogen-bond donors (Lipinski definition) is 1. The molecule has 1 fully saturated rings. The zero-order valence-electron chi connectivity index (χ0n) is 27.5. The van der Waals surface area contributed by atoms with Gasteiger partial charge in [0.25, 0.3) is 0 Å². The summed E-state index contributed by atoms with van der Waals surface area (Å²) in [5, 5.41) is 14.5. The van der Waals surface area contributed by atoms with Gasteiger partial charge in [-0.1, -0.05) is 90.5 Å². The number of carbonyl (C=O) groups is 1. The number of fused-ring (bicyclic) bond motifs is 2. The fourth-order valence-corrected chi connectivity index (χ4v) is 7.45. The summed E-state index contributed by atoms with van der Waals surface area (Å²) in [6.45, 7) is 14.9. The minimum Gasteiger partial charge on any atom is -0.512 e. The van der Waals surface area contributed by atoms with Crippen LogP contribution >= 0.6 is 11.3 Å². The van der Waals surface area contributed by atoms with E-state index in [-0.39, 0.29) is 48.9 Å². The predicted molar refractivity (Wildman–Crippen MR) is 183 cm³/mol. The van der Waals surface area contributed by atoms with Crippen LogP contribution in [0.25, 0.3) is 32.2 Å². The van der Waals surface area contributed by atoms with Crippen LogP contribution in [0.5, 0.6) is 0 Å². The third-order valence-corrected chi connectivity index (χ3v) is 10.1. The number of benzene rings is 2. The zero-order chi connectivity index (χ0) is 31.1. The average Bonchev–Trinajstić information content (AvgIpc) is 3.68. The van der Waals surface area contributed by atoms with E-state index in [1.54, 1.807) is 17.7 Å². The Morgan fingerprint density at radius 2 is 1.66 bits per heavy atom. The molecule has 0 amide bonds. The standard InChI is InChI=1S/C25H25N2S.C13H24O2.Ir/c1-25(2,3)21-13-18(12-17-10-6-7-11-19(17)21)22-24-23(27-15-26-22)20(14-28-24)16-8-4-5-9-16;1-5-10(6-2)12(14)9-13(15)11(7-3)8-4;/h6-7,10-11,13-16H,4-5,8-9H2,1-3H3;9-11,14H,5-8H2,1-4H3;/q-1;;/b;12-9-;. The first-order chi connectivity index (χ1) is 20.6. The molecule has 2 aromatic heterocycles. The van der Waals surface area contributed by atoms with Crippen molar-refractivity contribution in [3.05, 3.63) is 71.1 Å². The molecule has 1 aliphatic carbocycles. The molecule has 0 spiro atoms. The van der Waals surface area contributed by atoms with Gasteiger partial charge in [0.05, 0.1) is 11.3 Å². The number of rotatable bonds is 9. The third-order valence-electron chi connectivity index (χ3n) is 9.10. The van der Waals surface area contributed by atoms with Gasteiger partial charge in [-0.2, -0.15) is 0 Å². The molecule has 0 bridgehead atoms. The molecule has 6 heteroatoms. The van der Waals surface area contributed by atoms with Crippen LogP contribution in [0.2, 0.25) is 0 Å². The Kier molecular flexibility index (Phi) is 13.3. The van der Waals surface area contributed by atoms with Crippen LogP contribution in [-0.2, 0) is 30.3 Å². The van der Waals surface area contributed by atoms with Crippen molar-refractivity contribution in [3.8, 4) is 11.3 Å². The van der Waals surface area contributed by atoms with Crippen molar-refractivity contribution in [3.63, 3.8) is 0 Å². The monoisotopic (exact) mass is 790 g/mol. The molecule has 0 atom stereocenters. The number of carbonyl (C=O) groups excluding carboxylic acids is 1. The van der Waals surface area contributed by atoms with Gasteiger partial charge in [-0.05, 0) is 60.8 Å². The van der Waals surface area contributed by atoms with Crippen molar-refractivity contribution in [2.75, 3.05) is 0 Å². The predicted octanol–water partition coefficient (Wildman–Crippen LogP) is 11.1. The van der Waals surface area contributed by atoms with Gasteiger partial charge in [0.15, 0.2) is 5.78 Å². The molecule has 0 unspecified atom stereocenters. The van der Waals surface area contributed by atoms with Gasteiger partial charge in [-0.3, -0.25) is 9.78 Å². The first-order valence-electron chi connectivity index (χ1n) is 16.2. The van der Waals surface area contributed by atoms with Crippen LogP contribution < -0.4 is 0 Å². The van der Waals surface area contributed by atoms with Crippen LogP contribution in [0, 0.1) is 17.9 Å². The summed E-state index contributed by atoms with van der Waals surface area (Å²) in [6.07, 6.45) is 11.9. The molecule has 44 heavy (non-hydrogen) atoms. The summed E-state index contributed by atoms with van der Waals surface area (Å²) in [6, 6.07) is 14.5. The van der Waals surface area contributed by atoms with Gasteiger partial charge in [0.1, 0.15) is 6.33 Å². The molecular weight excluding hydrogens is 741 g/mol. The Bertz CT molecular complexity index is 1550. The van der Waals surface area contributed by atoms with Gasteiger partial charge in [0.2, 0.25) is 0 Å². The van der Waals surface area contributed by atoms with Gasteiger partial charge < -0.3 is 5.11 Å². The fraction of sp³-hybridized carbons (Fsp3) is 0.500. The maximum absolute atomic E-state index is 11.7. The Labute approximate surface area is 282 Å². The van der Waals surface area contributed by atoms with E-state index < -0.39 is 0 Å². The maximum Gasteiger partial charge on any atom is 0.162 e. The number of aliphatic hydroxyl groups excluding tert-OH is 1. The number of hydrogen-bond acceptors (Lipinski definition) is 5. The Morgan fingerprint density at radius 1 is 1.02 bits per heavy atom. The summed E-state index contributed by atoms with van der Waals surface area (Å²) in [5.74, 6) is 1.22. The Balaban J connectivity index is 0.000000286. The molecule has 1 saturated carbocycles. The normalized spacial score (nSPS) is 14.2. The minimum absolute atomic E-state index is 0. The molecule has 4 nitrogen and oxygen atoms in total. The summed E-state index contributed by atoms with van der Waals surface area (Å²) in [4.78, 5) is 21.1. The van der Waals surface area contributed by atoms with E-state index in [2.05, 4.69) is 62.5 Å². The van der Waals surface area contributed by atoms with Crippen LogP contribution in [0.15, 0.2) is 53.9 Å². The van der Waals surface area contributed by atoms with Crippen molar-refractivity contribution in [2.45, 2.75) is 111 Å². The van der Waals surface area contributed by atoms with E-state index >= 15 is 0 Å². The molecule has 239 valence electrons. The molecule has 1 radical (unpaired) electrons. The van der Waals surface area contributed by atoms with Crippen molar-refractivity contribution in [1.82, 2.24) is 9.97 Å². The zero-order valence-corrected chi connectivity index (χ0v) is 30.7. The largest absolute Gasteiger partial charge is 0.512 e. The number of nitrogens with zero attached hydrogens (tertiary/aromatic N) is 2. The third kappa shape index (κ3) is 8.24. The fourth-order valence-electron chi connectivity index (χ4n) is 6.35. The van der Waals surface area contributed by atoms with Gasteiger partial charge in [0, 0.05) is 48.4 Å². The van der Waals surface area contributed by atoms with Crippen molar-refractivity contribution < 1.29 is 30.0 Å². The molecule has 2 heterocycles. The second-order valence-electron chi connectivity index (χ2n) is 13.0. The van der Waals surface area contributed by atoms with Crippen molar-refractivity contribution in [2.24, 2.45) is 11.8 Å². The molecule has 1 aliphatic rings. The summed E-state index contributed by atoms with van der Waals surface area (Å²) >= 11 is 1.80. The molecule has 4 aromatic rings. The Morgan fingerprint density at radius 3 is 2.27 bits per heavy atom. The second-order valence-corrected chi connectivity index (χ2v) is 13.8. The number of thiophene rings is 1. The molecule has 0 aliphatic heterocycles. The molecule has 2 aromatic carbocycles. The van der Waals surface area contributed by atoms with Crippen LogP contribution in [-0.4, -0.2) is 20.9 Å². The van der Waals surface area contributed by atoms with E-state index in [1.165, 1.54) is 53.0 Å². The molecule has 1 N–H and O–H groups in total.